The molecule has 0 fully saturated rings. The van der Waals surface area contributed by atoms with E-state index < -0.39 is 0 Å². The highest BCUT2D eigenvalue weighted by molar-refractivity contribution is 6.31. The maximum atomic E-state index is 12.0. The van der Waals surface area contributed by atoms with Crippen LogP contribution in [0.2, 0.25) is 5.02 Å². The number of hydrogen-bond donors (Lipinski definition) is 2. The number of benzene rings is 1. The van der Waals surface area contributed by atoms with Crippen LogP contribution in [-0.4, -0.2) is 15.5 Å². The van der Waals surface area contributed by atoms with Gasteiger partial charge in [0.05, 0.1) is 11.4 Å². The van der Waals surface area contributed by atoms with Crippen molar-refractivity contribution in [1.82, 2.24) is 9.55 Å². The maximum Gasteiger partial charge on any atom is 0.254 e. The van der Waals surface area contributed by atoms with Gasteiger partial charge in [0.15, 0.2) is 0 Å². The van der Waals surface area contributed by atoms with Gasteiger partial charge in [0.1, 0.15) is 12.4 Å². The van der Waals surface area contributed by atoms with Crippen molar-refractivity contribution in [3.05, 3.63) is 51.2 Å². The Balaban J connectivity index is 2.18. The van der Waals surface area contributed by atoms with Gasteiger partial charge in [-0.05, 0) is 32.0 Å². The average Bonchev–Trinajstić information content (AvgIpc) is 2.37. The van der Waals surface area contributed by atoms with Gasteiger partial charge < -0.3 is 11.1 Å². The number of carbonyl (C=O) groups is 1. The first-order valence-electron chi connectivity index (χ1n) is 6.27. The summed E-state index contributed by atoms with van der Waals surface area (Å²) in [6, 6.07) is 6.16. The van der Waals surface area contributed by atoms with E-state index in [1.54, 1.807) is 32.0 Å². The predicted octanol–water partition coefficient (Wildman–Crippen LogP) is 1.73. The van der Waals surface area contributed by atoms with Crippen molar-refractivity contribution in [3.63, 3.8) is 0 Å². The molecule has 6 nitrogen and oxygen atoms in total. The zero-order valence-corrected chi connectivity index (χ0v) is 12.4. The van der Waals surface area contributed by atoms with Crippen LogP contribution in [0.15, 0.2) is 29.1 Å². The van der Waals surface area contributed by atoms with Crippen LogP contribution < -0.4 is 16.6 Å². The number of halogens is 1. The van der Waals surface area contributed by atoms with E-state index in [1.807, 2.05) is 0 Å². The molecule has 2 aromatic rings. The molecule has 1 aromatic heterocycles. The minimum absolute atomic E-state index is 0.125. The zero-order chi connectivity index (χ0) is 15.6. The minimum Gasteiger partial charge on any atom is -0.397 e. The molecule has 1 amide bonds. The lowest BCUT2D eigenvalue weighted by Gasteiger charge is -2.11. The van der Waals surface area contributed by atoms with Gasteiger partial charge in [0.25, 0.3) is 5.56 Å². The van der Waals surface area contributed by atoms with Crippen molar-refractivity contribution in [3.8, 4) is 0 Å². The average molecular weight is 307 g/mol. The molecule has 0 spiro atoms. The lowest BCUT2D eigenvalue weighted by atomic mass is 10.2. The fourth-order valence-corrected chi connectivity index (χ4v) is 2.12. The number of nitrogens with zero attached hydrogens (tertiary/aromatic N) is 2. The van der Waals surface area contributed by atoms with Gasteiger partial charge in [0.2, 0.25) is 5.91 Å². The third-order valence-electron chi connectivity index (χ3n) is 2.92. The standard InChI is InChI=1S/C14H15ClN4O2/c1-8-5-14(21)19(9(2)17-8)7-13(20)18-12-4-3-10(15)6-11(12)16/h3-6H,7,16H2,1-2H3,(H,18,20). The predicted molar refractivity (Wildman–Crippen MR) is 82.5 cm³/mol. The van der Waals surface area contributed by atoms with Gasteiger partial charge in [0, 0.05) is 16.8 Å². The Hall–Kier alpha value is -2.34. The van der Waals surface area contributed by atoms with Gasteiger partial charge in [-0.15, -0.1) is 0 Å². The second kappa shape index (κ2) is 5.97. The summed E-state index contributed by atoms with van der Waals surface area (Å²) >= 11 is 5.79. The van der Waals surface area contributed by atoms with Crippen molar-refractivity contribution in [2.75, 3.05) is 11.1 Å². The summed E-state index contributed by atoms with van der Waals surface area (Å²) < 4.78 is 1.30. The van der Waals surface area contributed by atoms with E-state index in [4.69, 9.17) is 17.3 Å². The highest BCUT2D eigenvalue weighted by Gasteiger charge is 2.10. The lowest BCUT2D eigenvalue weighted by molar-refractivity contribution is -0.116. The van der Waals surface area contributed by atoms with Crippen LogP contribution in [-0.2, 0) is 11.3 Å². The third-order valence-corrected chi connectivity index (χ3v) is 3.15. The van der Waals surface area contributed by atoms with Gasteiger partial charge in [-0.1, -0.05) is 11.6 Å². The molecule has 0 atom stereocenters. The monoisotopic (exact) mass is 306 g/mol. The van der Waals surface area contributed by atoms with Gasteiger partial charge >= 0.3 is 0 Å². The second-order valence-corrected chi connectivity index (χ2v) is 5.09. The van der Waals surface area contributed by atoms with Crippen LogP contribution in [0.4, 0.5) is 11.4 Å². The van der Waals surface area contributed by atoms with Crippen LogP contribution in [0, 0.1) is 13.8 Å². The summed E-state index contributed by atoms with van der Waals surface area (Å²) in [6.07, 6.45) is 0. The van der Waals surface area contributed by atoms with Crippen LogP contribution in [0.1, 0.15) is 11.5 Å². The second-order valence-electron chi connectivity index (χ2n) is 4.65. The zero-order valence-electron chi connectivity index (χ0n) is 11.7. The van der Waals surface area contributed by atoms with E-state index in [9.17, 15) is 9.59 Å². The number of anilines is 2. The molecule has 0 aliphatic heterocycles. The Morgan fingerprint density at radius 1 is 1.38 bits per heavy atom. The van der Waals surface area contributed by atoms with Crippen LogP contribution >= 0.6 is 11.6 Å². The van der Waals surface area contributed by atoms with Crippen molar-refractivity contribution in [1.29, 1.82) is 0 Å². The van der Waals surface area contributed by atoms with Crippen LogP contribution in [0.5, 0.6) is 0 Å². The third kappa shape index (κ3) is 3.61. The van der Waals surface area contributed by atoms with Crippen molar-refractivity contribution < 1.29 is 4.79 Å². The first-order valence-corrected chi connectivity index (χ1v) is 6.64. The van der Waals surface area contributed by atoms with Gasteiger partial charge in [-0.25, -0.2) is 4.98 Å². The SMILES string of the molecule is Cc1cc(=O)n(CC(=O)Nc2ccc(Cl)cc2N)c(C)n1. The van der Waals surface area contributed by atoms with E-state index >= 15 is 0 Å². The smallest absolute Gasteiger partial charge is 0.254 e. The Morgan fingerprint density at radius 3 is 2.71 bits per heavy atom. The number of nitrogens with one attached hydrogen (secondary N) is 1. The molecule has 2 rings (SSSR count). The number of aryl methyl sites for hydroxylation is 2. The topological polar surface area (TPSA) is 90.0 Å². The number of aromatic nitrogens is 2. The van der Waals surface area contributed by atoms with E-state index in [0.717, 1.165) is 0 Å². The molecular formula is C14H15ClN4O2. The maximum absolute atomic E-state index is 12.0. The summed E-state index contributed by atoms with van der Waals surface area (Å²) in [5.41, 5.74) is 6.94. The molecule has 0 bridgehead atoms. The molecule has 3 N–H and O–H groups in total. The fourth-order valence-electron chi connectivity index (χ4n) is 1.94. The summed E-state index contributed by atoms with van der Waals surface area (Å²) in [5, 5.41) is 3.13. The molecule has 0 aliphatic rings. The number of rotatable bonds is 3. The summed E-state index contributed by atoms with van der Waals surface area (Å²) in [5.74, 6) is 0.124. The highest BCUT2D eigenvalue weighted by atomic mass is 35.5. The van der Waals surface area contributed by atoms with E-state index in [2.05, 4.69) is 10.3 Å². The van der Waals surface area contributed by atoms with Crippen LogP contribution in [0.25, 0.3) is 0 Å². The number of carbonyl (C=O) groups excluding carboxylic acids is 1. The number of hydrogen-bond acceptors (Lipinski definition) is 4. The largest absolute Gasteiger partial charge is 0.397 e. The Labute approximate surface area is 126 Å². The molecule has 21 heavy (non-hydrogen) atoms. The molecule has 0 saturated carbocycles. The molecule has 1 aromatic carbocycles. The minimum atomic E-state index is -0.361. The molecule has 0 saturated heterocycles. The molecular weight excluding hydrogens is 292 g/mol. The summed E-state index contributed by atoms with van der Waals surface area (Å²) in [7, 11) is 0. The van der Waals surface area contributed by atoms with Crippen LogP contribution in [0.3, 0.4) is 0 Å². The molecule has 0 aliphatic carbocycles. The number of amides is 1. The highest BCUT2D eigenvalue weighted by Crippen LogP contribution is 2.22. The number of nitrogens with two attached hydrogens (primary N) is 1. The Bertz CT molecular complexity index is 755. The van der Waals surface area contributed by atoms with Crippen molar-refractivity contribution in [2.45, 2.75) is 20.4 Å². The summed E-state index contributed by atoms with van der Waals surface area (Å²) in [4.78, 5) is 28.0. The first kappa shape index (κ1) is 15.1. The van der Waals surface area contributed by atoms with E-state index in [1.165, 1.54) is 10.6 Å². The molecule has 110 valence electrons. The normalized spacial score (nSPS) is 10.4. The Kier molecular flexibility index (Phi) is 4.28. The fraction of sp³-hybridized carbons (Fsp3) is 0.214. The molecule has 7 heteroatoms. The quantitative estimate of drug-likeness (QED) is 0.845. The van der Waals surface area contributed by atoms with E-state index in [-0.39, 0.29) is 18.0 Å². The first-order chi connectivity index (χ1) is 9.86. The number of nitrogen functional groups attached to an aromatic ring is 1. The lowest BCUT2D eigenvalue weighted by Crippen LogP contribution is -2.30. The Morgan fingerprint density at radius 2 is 2.10 bits per heavy atom. The molecule has 1 heterocycles. The van der Waals surface area contributed by atoms with Crippen molar-refractivity contribution >= 4 is 28.9 Å². The molecule has 0 unspecified atom stereocenters. The van der Waals surface area contributed by atoms with Gasteiger partial charge in [-0.2, -0.15) is 0 Å². The van der Waals surface area contributed by atoms with E-state index in [0.29, 0.717) is 27.9 Å². The van der Waals surface area contributed by atoms with Gasteiger partial charge in [-0.3, -0.25) is 14.2 Å². The summed E-state index contributed by atoms with van der Waals surface area (Å²) in [6.45, 7) is 3.28. The van der Waals surface area contributed by atoms with Crippen molar-refractivity contribution in [2.24, 2.45) is 0 Å². The molecule has 0 radical (unpaired) electrons.